The lowest BCUT2D eigenvalue weighted by Crippen LogP contribution is -2.65. The number of hydrogen-bond donors (Lipinski definition) is 9. The predicted octanol–water partition coefficient (Wildman–Crippen LogP) is 16.4. The Morgan fingerprint density at radius 2 is 0.648 bits per heavy atom. The van der Waals surface area contributed by atoms with Crippen molar-refractivity contribution in [2.45, 2.75) is 447 Å². The van der Waals surface area contributed by atoms with Gasteiger partial charge in [-0.15, -0.1) is 0 Å². The summed E-state index contributed by atoms with van der Waals surface area (Å²) in [7, 11) is 0. The zero-order valence-corrected chi connectivity index (χ0v) is 57.3. The van der Waals surface area contributed by atoms with Gasteiger partial charge in [-0.2, -0.15) is 0 Å². The van der Waals surface area contributed by atoms with Crippen LogP contribution < -0.4 is 5.32 Å². The number of aliphatic hydroxyl groups is 8. The Hall–Kier alpha value is -1.01. The number of ether oxygens (including phenoxy) is 4. The van der Waals surface area contributed by atoms with E-state index in [1.807, 2.05) is 0 Å². The molecule has 0 radical (unpaired) electrons. The molecule has 9 N–H and O–H groups in total. The van der Waals surface area contributed by atoms with Crippen LogP contribution in [-0.2, 0) is 23.7 Å². The van der Waals surface area contributed by atoms with Gasteiger partial charge in [-0.25, -0.2) is 0 Å². The molecule has 14 heteroatoms. The van der Waals surface area contributed by atoms with Crippen LogP contribution in [0.25, 0.3) is 0 Å². The van der Waals surface area contributed by atoms with Gasteiger partial charge in [-0.3, -0.25) is 4.79 Å². The van der Waals surface area contributed by atoms with E-state index < -0.39 is 86.8 Å². The van der Waals surface area contributed by atoms with E-state index in [1.54, 1.807) is 0 Å². The average Bonchev–Trinajstić information content (AvgIpc) is 2.07. The molecule has 2 rings (SSSR count). The third-order valence-corrected chi connectivity index (χ3v) is 19.3. The van der Waals surface area contributed by atoms with Gasteiger partial charge in [0.15, 0.2) is 12.6 Å². The zero-order chi connectivity index (χ0) is 63.8. The molecule has 0 saturated carbocycles. The first kappa shape index (κ1) is 83.1. The van der Waals surface area contributed by atoms with Gasteiger partial charge in [-0.05, 0) is 12.8 Å². The van der Waals surface area contributed by atoms with Crippen LogP contribution in [0.5, 0.6) is 0 Å². The lowest BCUT2D eigenvalue weighted by atomic mass is 9.97. The molecule has 0 aromatic heterocycles. The summed E-state index contributed by atoms with van der Waals surface area (Å²) in [6.07, 6.45) is 55.9. The Morgan fingerprint density at radius 1 is 0.364 bits per heavy atom. The Balaban J connectivity index is 1.56. The largest absolute Gasteiger partial charge is 0.394 e. The molecule has 14 nitrogen and oxygen atoms in total. The van der Waals surface area contributed by atoms with Gasteiger partial charge < -0.3 is 65.1 Å². The van der Waals surface area contributed by atoms with E-state index in [0.717, 1.165) is 51.4 Å². The molecule has 88 heavy (non-hydrogen) atoms. The molecule has 0 aliphatic carbocycles. The van der Waals surface area contributed by atoms with Crippen LogP contribution >= 0.6 is 0 Å². The summed E-state index contributed by atoms with van der Waals surface area (Å²) in [4.78, 5) is 13.4. The normalized spacial score (nSPS) is 23.0. The van der Waals surface area contributed by atoms with Gasteiger partial charge in [0, 0.05) is 6.42 Å². The molecule has 2 heterocycles. The topological polar surface area (TPSA) is 228 Å². The third kappa shape index (κ3) is 43.1. The van der Waals surface area contributed by atoms with E-state index in [9.17, 15) is 45.6 Å². The van der Waals surface area contributed by atoms with Crippen LogP contribution in [0.2, 0.25) is 0 Å². The second-order valence-corrected chi connectivity index (χ2v) is 27.5. The van der Waals surface area contributed by atoms with E-state index in [1.165, 1.54) is 295 Å². The van der Waals surface area contributed by atoms with E-state index >= 15 is 0 Å². The first-order chi connectivity index (χ1) is 43.1. The van der Waals surface area contributed by atoms with Crippen molar-refractivity contribution in [2.75, 3.05) is 19.8 Å². The van der Waals surface area contributed by atoms with Crippen molar-refractivity contribution in [3.63, 3.8) is 0 Å². The Bertz CT molecular complexity index is 1480. The minimum Gasteiger partial charge on any atom is -0.394 e. The molecule has 524 valence electrons. The predicted molar refractivity (Wildman–Crippen MR) is 360 cm³/mol. The lowest BCUT2D eigenvalue weighted by molar-refractivity contribution is -0.359. The van der Waals surface area contributed by atoms with Crippen molar-refractivity contribution >= 4 is 5.91 Å². The summed E-state index contributed by atoms with van der Waals surface area (Å²) in [6, 6.07) is -0.824. The summed E-state index contributed by atoms with van der Waals surface area (Å²) in [5.41, 5.74) is 0. The highest BCUT2D eigenvalue weighted by molar-refractivity contribution is 5.76. The van der Waals surface area contributed by atoms with Gasteiger partial charge in [0.05, 0.1) is 32.0 Å². The first-order valence-corrected chi connectivity index (χ1v) is 38.3. The highest BCUT2D eigenvalue weighted by Crippen LogP contribution is 2.30. The molecule has 0 aromatic carbocycles. The number of nitrogens with one attached hydrogen (secondary N) is 1. The van der Waals surface area contributed by atoms with Crippen LogP contribution in [0, 0.1) is 0 Å². The minimum absolute atomic E-state index is 0.197. The van der Waals surface area contributed by atoms with E-state index in [2.05, 4.69) is 19.2 Å². The van der Waals surface area contributed by atoms with Crippen molar-refractivity contribution in [1.82, 2.24) is 5.32 Å². The van der Waals surface area contributed by atoms with Crippen LogP contribution in [0.3, 0.4) is 0 Å². The number of amides is 1. The summed E-state index contributed by atoms with van der Waals surface area (Å²) in [5.74, 6) is -0.197. The smallest absolute Gasteiger partial charge is 0.220 e. The first-order valence-electron chi connectivity index (χ1n) is 38.3. The molecule has 2 aliphatic heterocycles. The second-order valence-electron chi connectivity index (χ2n) is 27.5. The quantitative estimate of drug-likeness (QED) is 0.0259. The summed E-state index contributed by atoms with van der Waals surface area (Å²) < 4.78 is 22.9. The highest BCUT2D eigenvalue weighted by atomic mass is 16.7. The average molecular weight is 1260 g/mol. The molecule has 12 atom stereocenters. The standard InChI is InChI=1S/C74H145NO13/c1-3-5-7-9-11-13-15-17-19-21-22-23-24-25-26-27-28-29-30-31-32-33-34-35-36-37-38-39-40-42-44-46-48-50-52-54-56-58-66(79)75-62(63(78)57-55-53-51-49-47-45-43-41-20-18-16-14-12-10-8-6-4-2)61-85-73-71(84)69(82)72(65(60-77)87-73)88-74-70(83)68(81)67(80)64(59-76)86-74/h62-65,67-74,76-78,80-84H,3-61H2,1-2H3,(H,75,79). The Kier molecular flexibility index (Phi) is 56.4. The van der Waals surface area contributed by atoms with Gasteiger partial charge in [0.2, 0.25) is 5.91 Å². The van der Waals surface area contributed by atoms with Gasteiger partial charge in [0.1, 0.15) is 48.8 Å². The van der Waals surface area contributed by atoms with Crippen molar-refractivity contribution in [2.24, 2.45) is 0 Å². The molecular weight excluding hydrogens is 1110 g/mol. The maximum Gasteiger partial charge on any atom is 0.220 e. The van der Waals surface area contributed by atoms with Crippen LogP contribution in [0.15, 0.2) is 0 Å². The van der Waals surface area contributed by atoms with Crippen molar-refractivity contribution in [3.05, 3.63) is 0 Å². The fourth-order valence-electron chi connectivity index (χ4n) is 13.2. The van der Waals surface area contributed by atoms with Crippen LogP contribution in [-0.4, -0.2) is 140 Å². The fraction of sp³-hybridized carbons (Fsp3) is 0.986. The maximum absolute atomic E-state index is 13.4. The number of rotatable bonds is 65. The van der Waals surface area contributed by atoms with Crippen molar-refractivity contribution < 1.29 is 64.6 Å². The Labute approximate surface area is 540 Å². The van der Waals surface area contributed by atoms with Crippen LogP contribution in [0.1, 0.15) is 373 Å². The summed E-state index contributed by atoms with van der Waals surface area (Å²) >= 11 is 0. The molecule has 0 bridgehead atoms. The number of carbonyl (C=O) groups excluding carboxylic acids is 1. The number of unbranched alkanes of at least 4 members (excludes halogenated alkanes) is 52. The van der Waals surface area contributed by atoms with Gasteiger partial charge in [0.25, 0.3) is 0 Å². The molecular formula is C74H145NO13. The molecule has 12 unspecified atom stereocenters. The summed E-state index contributed by atoms with van der Waals surface area (Å²) in [6.45, 7) is 2.93. The minimum atomic E-state index is -1.78. The van der Waals surface area contributed by atoms with Crippen LogP contribution in [0.4, 0.5) is 0 Å². The third-order valence-electron chi connectivity index (χ3n) is 19.3. The number of hydrogen-bond acceptors (Lipinski definition) is 13. The van der Waals surface area contributed by atoms with E-state index in [4.69, 9.17) is 18.9 Å². The zero-order valence-electron chi connectivity index (χ0n) is 57.3. The second kappa shape index (κ2) is 59.7. The molecule has 2 saturated heterocycles. The summed E-state index contributed by atoms with van der Waals surface area (Å²) in [5, 5.41) is 87.6. The highest BCUT2D eigenvalue weighted by Gasteiger charge is 2.51. The molecule has 0 spiro atoms. The van der Waals surface area contributed by atoms with E-state index in [0.29, 0.717) is 12.8 Å². The number of aliphatic hydroxyl groups excluding tert-OH is 8. The van der Waals surface area contributed by atoms with Gasteiger partial charge >= 0.3 is 0 Å². The molecule has 2 aliphatic rings. The SMILES string of the molecule is CCCCCCCCCCCCCCCCCCCCCCCCCCCCCCCCCCCCCCCC(=O)NC(COC1OC(CO)C(OC2OC(CO)C(O)C(O)C2O)C(O)C1O)C(O)CCCCCCCCCCCCCCCCCCC. The number of carbonyl (C=O) groups is 1. The van der Waals surface area contributed by atoms with Crippen molar-refractivity contribution in [3.8, 4) is 0 Å². The maximum atomic E-state index is 13.4. The molecule has 0 aromatic rings. The van der Waals surface area contributed by atoms with E-state index in [-0.39, 0.29) is 12.5 Å². The molecule has 2 fully saturated rings. The van der Waals surface area contributed by atoms with Gasteiger partial charge in [-0.1, -0.05) is 354 Å². The lowest BCUT2D eigenvalue weighted by Gasteiger charge is -2.46. The Morgan fingerprint density at radius 3 is 0.966 bits per heavy atom. The monoisotopic (exact) mass is 1260 g/mol. The van der Waals surface area contributed by atoms with Crippen molar-refractivity contribution in [1.29, 1.82) is 0 Å². The fourth-order valence-corrected chi connectivity index (χ4v) is 13.2. The molecule has 1 amide bonds.